The summed E-state index contributed by atoms with van der Waals surface area (Å²) in [5.74, 6) is -0.129. The second-order valence-corrected chi connectivity index (χ2v) is 4.45. The van der Waals surface area contributed by atoms with Crippen LogP contribution in [0.1, 0.15) is 30.3 Å². The Bertz CT molecular complexity index is 456. The zero-order valence-corrected chi connectivity index (χ0v) is 11.1. The van der Waals surface area contributed by atoms with Gasteiger partial charge in [-0.05, 0) is 12.3 Å². The number of nitro groups is 1. The molecule has 1 aromatic heterocycles. The van der Waals surface area contributed by atoms with E-state index in [2.05, 4.69) is 5.32 Å². The van der Waals surface area contributed by atoms with Gasteiger partial charge in [-0.15, -0.1) is 0 Å². The Morgan fingerprint density at radius 2 is 2.32 bits per heavy atom. The minimum Gasteiger partial charge on any atom is -0.396 e. The van der Waals surface area contributed by atoms with E-state index in [4.69, 9.17) is 5.11 Å². The Balaban J connectivity index is 2.65. The second kappa shape index (κ2) is 6.89. The summed E-state index contributed by atoms with van der Waals surface area (Å²) in [7, 11) is 1.59. The molecule has 1 amide bonds. The van der Waals surface area contributed by atoms with E-state index in [1.807, 2.05) is 6.92 Å². The van der Waals surface area contributed by atoms with Crippen LogP contribution in [0.2, 0.25) is 0 Å². The maximum Gasteiger partial charge on any atom is 0.287 e. The normalized spacial score (nSPS) is 12.2. The summed E-state index contributed by atoms with van der Waals surface area (Å²) in [4.78, 5) is 22.0. The van der Waals surface area contributed by atoms with E-state index in [0.29, 0.717) is 13.0 Å². The van der Waals surface area contributed by atoms with Crippen molar-refractivity contribution in [3.8, 4) is 0 Å². The van der Waals surface area contributed by atoms with E-state index in [9.17, 15) is 14.9 Å². The molecule has 1 aromatic rings. The van der Waals surface area contributed by atoms with Gasteiger partial charge in [0.1, 0.15) is 5.69 Å². The molecule has 0 bridgehead atoms. The number of carbonyl (C=O) groups excluding carboxylic acids is 1. The van der Waals surface area contributed by atoms with Crippen LogP contribution < -0.4 is 5.32 Å². The molecule has 106 valence electrons. The van der Waals surface area contributed by atoms with Crippen molar-refractivity contribution in [2.45, 2.75) is 19.8 Å². The molecular weight excluding hydrogens is 250 g/mol. The lowest BCUT2D eigenvalue weighted by molar-refractivity contribution is -0.384. The van der Waals surface area contributed by atoms with E-state index in [1.54, 1.807) is 7.05 Å². The third-order valence-electron chi connectivity index (χ3n) is 3.10. The van der Waals surface area contributed by atoms with Crippen LogP contribution in [0.3, 0.4) is 0 Å². The van der Waals surface area contributed by atoms with Crippen LogP contribution in [0.25, 0.3) is 0 Å². The van der Waals surface area contributed by atoms with E-state index >= 15 is 0 Å². The van der Waals surface area contributed by atoms with Gasteiger partial charge in [0.05, 0.1) is 11.1 Å². The van der Waals surface area contributed by atoms with Crippen molar-refractivity contribution in [1.82, 2.24) is 9.88 Å². The van der Waals surface area contributed by atoms with Gasteiger partial charge in [0, 0.05) is 26.3 Å². The first-order chi connectivity index (χ1) is 8.99. The average Bonchev–Trinajstić information content (AvgIpc) is 2.76. The monoisotopic (exact) mass is 269 g/mol. The molecule has 0 aliphatic heterocycles. The van der Waals surface area contributed by atoms with Gasteiger partial charge in [-0.1, -0.05) is 13.3 Å². The lowest BCUT2D eigenvalue weighted by Crippen LogP contribution is -2.30. The topological polar surface area (TPSA) is 97.4 Å². The molecule has 1 heterocycles. The van der Waals surface area contributed by atoms with Crippen molar-refractivity contribution < 1.29 is 14.8 Å². The van der Waals surface area contributed by atoms with Crippen molar-refractivity contribution in [2.24, 2.45) is 13.0 Å². The van der Waals surface area contributed by atoms with Crippen LogP contribution in [0.15, 0.2) is 12.3 Å². The lowest BCUT2D eigenvalue weighted by atomic mass is 10.0. The Morgan fingerprint density at radius 3 is 2.79 bits per heavy atom. The third kappa shape index (κ3) is 4.06. The molecule has 0 saturated heterocycles. The largest absolute Gasteiger partial charge is 0.396 e. The molecule has 19 heavy (non-hydrogen) atoms. The Hall–Kier alpha value is -1.89. The Kier molecular flexibility index (Phi) is 5.50. The maximum absolute atomic E-state index is 11.9. The zero-order valence-electron chi connectivity index (χ0n) is 11.1. The standard InChI is InChI=1S/C12H19N3O4/c1-3-9(4-5-16)7-13-12(17)11-6-10(15(18)19)8-14(11)2/h6,8-9,16H,3-5,7H2,1-2H3,(H,13,17). The van der Waals surface area contributed by atoms with Crippen LogP contribution in [0, 0.1) is 16.0 Å². The van der Waals surface area contributed by atoms with E-state index in [1.165, 1.54) is 16.8 Å². The number of carbonyl (C=O) groups is 1. The molecule has 0 radical (unpaired) electrons. The first-order valence-corrected chi connectivity index (χ1v) is 6.19. The van der Waals surface area contributed by atoms with Gasteiger partial charge in [0.2, 0.25) is 0 Å². The predicted molar refractivity (Wildman–Crippen MR) is 69.9 cm³/mol. The van der Waals surface area contributed by atoms with Crippen LogP contribution in [0.4, 0.5) is 5.69 Å². The Labute approximate surface area is 111 Å². The smallest absolute Gasteiger partial charge is 0.287 e. The quantitative estimate of drug-likeness (QED) is 0.571. The number of aliphatic hydroxyl groups is 1. The van der Waals surface area contributed by atoms with Gasteiger partial charge in [0.15, 0.2) is 0 Å². The molecule has 2 N–H and O–H groups in total. The zero-order chi connectivity index (χ0) is 14.4. The van der Waals surface area contributed by atoms with Crippen LogP contribution in [0.5, 0.6) is 0 Å². The van der Waals surface area contributed by atoms with Crippen molar-refractivity contribution in [2.75, 3.05) is 13.2 Å². The molecule has 1 rings (SSSR count). The first kappa shape index (κ1) is 15.2. The lowest BCUT2D eigenvalue weighted by Gasteiger charge is -2.14. The maximum atomic E-state index is 11.9. The fraction of sp³-hybridized carbons (Fsp3) is 0.583. The minimum atomic E-state index is -0.530. The fourth-order valence-electron chi connectivity index (χ4n) is 1.83. The van der Waals surface area contributed by atoms with Crippen molar-refractivity contribution in [3.05, 3.63) is 28.1 Å². The number of nitrogens with one attached hydrogen (secondary N) is 1. The van der Waals surface area contributed by atoms with Crippen molar-refractivity contribution in [1.29, 1.82) is 0 Å². The molecule has 0 fully saturated rings. The van der Waals surface area contributed by atoms with Gasteiger partial charge in [0.25, 0.3) is 11.6 Å². The van der Waals surface area contributed by atoms with Crippen LogP contribution in [-0.2, 0) is 7.05 Å². The summed E-state index contributed by atoms with van der Waals surface area (Å²) in [6, 6.07) is 1.25. The van der Waals surface area contributed by atoms with Crippen LogP contribution >= 0.6 is 0 Å². The second-order valence-electron chi connectivity index (χ2n) is 4.45. The fourth-order valence-corrected chi connectivity index (χ4v) is 1.83. The van der Waals surface area contributed by atoms with Gasteiger partial charge in [-0.25, -0.2) is 0 Å². The molecule has 7 heteroatoms. The summed E-state index contributed by atoms with van der Waals surface area (Å²) in [6.07, 6.45) is 2.79. The molecule has 1 unspecified atom stereocenters. The number of hydrogen-bond acceptors (Lipinski definition) is 4. The highest BCUT2D eigenvalue weighted by molar-refractivity contribution is 5.93. The third-order valence-corrected chi connectivity index (χ3v) is 3.10. The molecule has 0 aliphatic rings. The first-order valence-electron chi connectivity index (χ1n) is 6.19. The summed E-state index contributed by atoms with van der Waals surface area (Å²) in [5, 5.41) is 22.2. The molecule has 0 saturated carbocycles. The number of hydrogen-bond donors (Lipinski definition) is 2. The van der Waals surface area contributed by atoms with E-state index in [0.717, 1.165) is 6.42 Å². The number of aryl methyl sites for hydroxylation is 1. The molecular formula is C12H19N3O4. The van der Waals surface area contributed by atoms with Crippen LogP contribution in [-0.4, -0.2) is 33.7 Å². The molecule has 0 spiro atoms. The van der Waals surface area contributed by atoms with Gasteiger partial charge in [-0.2, -0.15) is 0 Å². The van der Waals surface area contributed by atoms with Gasteiger partial charge < -0.3 is 15.0 Å². The predicted octanol–water partition coefficient (Wildman–Crippen LogP) is 1.07. The number of rotatable bonds is 7. The molecule has 0 aliphatic carbocycles. The molecule has 7 nitrogen and oxygen atoms in total. The van der Waals surface area contributed by atoms with Gasteiger partial charge in [-0.3, -0.25) is 14.9 Å². The van der Waals surface area contributed by atoms with E-state index < -0.39 is 4.92 Å². The average molecular weight is 269 g/mol. The highest BCUT2D eigenvalue weighted by atomic mass is 16.6. The van der Waals surface area contributed by atoms with Gasteiger partial charge >= 0.3 is 0 Å². The minimum absolute atomic E-state index is 0.0873. The number of nitrogens with zero attached hydrogens (tertiary/aromatic N) is 2. The highest BCUT2D eigenvalue weighted by Gasteiger charge is 2.18. The SMILES string of the molecule is CCC(CCO)CNC(=O)c1cc([N+](=O)[O-])cn1C. The highest BCUT2D eigenvalue weighted by Crippen LogP contribution is 2.15. The Morgan fingerprint density at radius 1 is 1.63 bits per heavy atom. The summed E-state index contributed by atoms with van der Waals surface area (Å²) < 4.78 is 1.43. The molecule has 1 atom stereocenters. The van der Waals surface area contributed by atoms with Crippen molar-refractivity contribution in [3.63, 3.8) is 0 Å². The summed E-state index contributed by atoms with van der Waals surface area (Å²) >= 11 is 0. The number of aliphatic hydroxyl groups excluding tert-OH is 1. The summed E-state index contributed by atoms with van der Waals surface area (Å²) in [5.41, 5.74) is 0.153. The van der Waals surface area contributed by atoms with E-state index in [-0.39, 0.29) is 29.8 Å². The molecule has 0 aromatic carbocycles. The number of amides is 1. The van der Waals surface area contributed by atoms with Crippen molar-refractivity contribution >= 4 is 11.6 Å². The summed E-state index contributed by atoms with van der Waals surface area (Å²) in [6.45, 7) is 2.53. The number of aromatic nitrogens is 1.